The summed E-state index contributed by atoms with van der Waals surface area (Å²) in [7, 11) is 0. The quantitative estimate of drug-likeness (QED) is 0.268. The molecule has 0 radical (unpaired) electrons. The lowest BCUT2D eigenvalue weighted by atomic mass is 10.1. The standard InChI is InChI=1S/C27H30F3NO5/c28-27(29,30)20-9-13-22(14-10-20)36-23-7-5-6-19(18-23)24(32)15-11-21-12-16-25(33)31(21)17-4-2-1-3-8-26(34)35/h5-7,9-11,13-15,18,21,24,32H,1-4,8,12,16-17H2,(H,34,35). The van der Waals surface area contributed by atoms with Gasteiger partial charge in [-0.2, -0.15) is 13.2 Å². The number of ether oxygens (including phenoxy) is 1. The lowest BCUT2D eigenvalue weighted by Gasteiger charge is -2.22. The molecule has 0 saturated carbocycles. The Balaban J connectivity index is 1.54. The molecule has 0 aromatic heterocycles. The number of aliphatic carboxylic acids is 1. The zero-order valence-corrected chi connectivity index (χ0v) is 19.8. The van der Waals surface area contributed by atoms with Crippen LogP contribution in [0.4, 0.5) is 13.2 Å². The summed E-state index contributed by atoms with van der Waals surface area (Å²) in [5, 5.41) is 19.3. The van der Waals surface area contributed by atoms with E-state index in [0.717, 1.165) is 31.4 Å². The highest BCUT2D eigenvalue weighted by Crippen LogP contribution is 2.32. The molecule has 1 fully saturated rings. The molecule has 2 unspecified atom stereocenters. The van der Waals surface area contributed by atoms with Crippen molar-refractivity contribution in [1.29, 1.82) is 0 Å². The number of hydrogen-bond donors (Lipinski definition) is 2. The molecule has 9 heteroatoms. The molecule has 2 aromatic carbocycles. The van der Waals surface area contributed by atoms with Crippen molar-refractivity contribution in [1.82, 2.24) is 4.90 Å². The number of carbonyl (C=O) groups is 2. The van der Waals surface area contributed by atoms with E-state index in [4.69, 9.17) is 9.84 Å². The van der Waals surface area contributed by atoms with Crippen LogP contribution in [-0.2, 0) is 15.8 Å². The molecule has 1 aliphatic heterocycles. The van der Waals surface area contributed by atoms with Gasteiger partial charge in [0.2, 0.25) is 5.91 Å². The minimum Gasteiger partial charge on any atom is -0.481 e. The van der Waals surface area contributed by atoms with E-state index in [0.29, 0.717) is 37.1 Å². The van der Waals surface area contributed by atoms with Crippen LogP contribution in [-0.4, -0.2) is 39.6 Å². The maximum Gasteiger partial charge on any atom is 0.416 e. The zero-order valence-electron chi connectivity index (χ0n) is 19.8. The summed E-state index contributed by atoms with van der Waals surface area (Å²) in [4.78, 5) is 24.6. The van der Waals surface area contributed by atoms with E-state index >= 15 is 0 Å². The SMILES string of the molecule is O=C(O)CCCCCCN1C(=O)CCC1C=CC(O)c1cccc(Oc2ccc(C(F)(F)F)cc2)c1. The minimum atomic E-state index is -4.42. The van der Waals surface area contributed by atoms with E-state index in [1.165, 1.54) is 12.1 Å². The maximum atomic E-state index is 12.7. The summed E-state index contributed by atoms with van der Waals surface area (Å²) < 4.78 is 43.8. The third-order valence-electron chi connectivity index (χ3n) is 6.05. The predicted octanol–water partition coefficient (Wildman–Crippen LogP) is 6.11. The number of unbranched alkanes of at least 4 members (excludes halogenated alkanes) is 3. The molecule has 0 bridgehead atoms. The average molecular weight is 506 g/mol. The summed E-state index contributed by atoms with van der Waals surface area (Å²) in [5.41, 5.74) is -0.216. The monoisotopic (exact) mass is 505 g/mol. The van der Waals surface area contributed by atoms with Crippen molar-refractivity contribution in [2.75, 3.05) is 6.54 Å². The van der Waals surface area contributed by atoms with Crippen molar-refractivity contribution in [2.24, 2.45) is 0 Å². The predicted molar refractivity (Wildman–Crippen MR) is 128 cm³/mol. The number of carboxylic acids is 1. The number of hydrogen-bond acceptors (Lipinski definition) is 4. The van der Waals surface area contributed by atoms with Gasteiger partial charge in [-0.15, -0.1) is 0 Å². The fourth-order valence-electron chi connectivity index (χ4n) is 4.11. The first-order valence-corrected chi connectivity index (χ1v) is 12.0. The van der Waals surface area contributed by atoms with Gasteiger partial charge in [-0.1, -0.05) is 37.1 Å². The molecule has 0 aliphatic carbocycles. The topological polar surface area (TPSA) is 87.1 Å². The molecule has 1 saturated heterocycles. The Labute approximate surface area is 208 Å². The largest absolute Gasteiger partial charge is 0.481 e. The van der Waals surface area contributed by atoms with Crippen LogP contribution in [0.25, 0.3) is 0 Å². The number of aliphatic hydroxyl groups is 1. The number of amides is 1. The van der Waals surface area contributed by atoms with Crippen LogP contribution in [0, 0.1) is 0 Å². The summed E-state index contributed by atoms with van der Waals surface area (Å²) >= 11 is 0. The smallest absolute Gasteiger partial charge is 0.416 e. The number of halogens is 3. The number of aliphatic hydroxyl groups excluding tert-OH is 1. The molecule has 1 aliphatic rings. The summed E-state index contributed by atoms with van der Waals surface area (Å²) in [5.74, 6) is -0.115. The van der Waals surface area contributed by atoms with Crippen LogP contribution in [0.5, 0.6) is 11.5 Å². The molecule has 36 heavy (non-hydrogen) atoms. The van der Waals surface area contributed by atoms with Gasteiger partial charge in [0.25, 0.3) is 0 Å². The van der Waals surface area contributed by atoms with Crippen molar-refractivity contribution in [3.8, 4) is 11.5 Å². The molecule has 2 atom stereocenters. The highest BCUT2D eigenvalue weighted by Gasteiger charge is 2.30. The van der Waals surface area contributed by atoms with E-state index in [1.54, 1.807) is 35.2 Å². The average Bonchev–Trinajstić information content (AvgIpc) is 3.18. The number of carbonyl (C=O) groups excluding carboxylic acids is 1. The highest BCUT2D eigenvalue weighted by atomic mass is 19.4. The van der Waals surface area contributed by atoms with Crippen LogP contribution >= 0.6 is 0 Å². The van der Waals surface area contributed by atoms with Crippen LogP contribution in [0.3, 0.4) is 0 Å². The van der Waals surface area contributed by atoms with E-state index in [1.807, 2.05) is 6.08 Å². The van der Waals surface area contributed by atoms with Crippen molar-refractivity contribution in [2.45, 2.75) is 63.3 Å². The van der Waals surface area contributed by atoms with E-state index in [9.17, 15) is 27.9 Å². The first-order valence-electron chi connectivity index (χ1n) is 12.0. The van der Waals surface area contributed by atoms with Gasteiger partial charge in [0.15, 0.2) is 0 Å². The molecule has 2 aromatic rings. The second-order valence-corrected chi connectivity index (χ2v) is 8.78. The van der Waals surface area contributed by atoms with Crippen LogP contribution in [0.2, 0.25) is 0 Å². The third kappa shape index (κ3) is 8.12. The first kappa shape index (κ1) is 27.3. The first-order chi connectivity index (χ1) is 17.1. The van der Waals surface area contributed by atoms with Crippen LogP contribution in [0.15, 0.2) is 60.7 Å². The van der Waals surface area contributed by atoms with Gasteiger partial charge in [0.1, 0.15) is 11.5 Å². The van der Waals surface area contributed by atoms with Crippen LogP contribution in [0.1, 0.15) is 62.2 Å². The minimum absolute atomic E-state index is 0.0663. The number of benzene rings is 2. The molecular weight excluding hydrogens is 475 g/mol. The van der Waals surface area contributed by atoms with E-state index < -0.39 is 23.8 Å². The van der Waals surface area contributed by atoms with E-state index in [-0.39, 0.29) is 24.1 Å². The highest BCUT2D eigenvalue weighted by molar-refractivity contribution is 5.79. The summed E-state index contributed by atoms with van der Waals surface area (Å²) in [6.45, 7) is 0.591. The third-order valence-corrected chi connectivity index (χ3v) is 6.05. The number of likely N-dealkylation sites (tertiary alicyclic amines) is 1. The Bertz CT molecular complexity index is 1050. The second kappa shape index (κ2) is 12.6. The fraction of sp³-hybridized carbons (Fsp3) is 0.407. The Morgan fingerprint density at radius 2 is 1.81 bits per heavy atom. The van der Waals surface area contributed by atoms with Gasteiger partial charge in [-0.3, -0.25) is 9.59 Å². The Hall–Kier alpha value is -3.33. The van der Waals surface area contributed by atoms with Crippen molar-refractivity contribution in [3.05, 3.63) is 71.8 Å². The Morgan fingerprint density at radius 1 is 1.08 bits per heavy atom. The van der Waals surface area contributed by atoms with Gasteiger partial charge in [-0.25, -0.2) is 0 Å². The number of rotatable bonds is 12. The molecule has 2 N–H and O–H groups in total. The van der Waals surface area contributed by atoms with Gasteiger partial charge in [-0.05, 0) is 61.2 Å². The molecule has 194 valence electrons. The van der Waals surface area contributed by atoms with Crippen molar-refractivity contribution < 1.29 is 37.7 Å². The number of alkyl halides is 3. The summed E-state index contributed by atoms with van der Waals surface area (Å²) in [6, 6.07) is 10.9. The molecule has 6 nitrogen and oxygen atoms in total. The Morgan fingerprint density at radius 3 is 2.50 bits per heavy atom. The summed E-state index contributed by atoms with van der Waals surface area (Å²) in [6.07, 6.45) is 2.42. The lowest BCUT2D eigenvalue weighted by Crippen LogP contribution is -2.32. The molecule has 0 spiro atoms. The second-order valence-electron chi connectivity index (χ2n) is 8.78. The van der Waals surface area contributed by atoms with Gasteiger partial charge < -0.3 is 19.8 Å². The van der Waals surface area contributed by atoms with Gasteiger partial charge >= 0.3 is 12.1 Å². The molecule has 3 rings (SSSR count). The normalized spacial score (nSPS) is 17.1. The van der Waals surface area contributed by atoms with Crippen molar-refractivity contribution >= 4 is 11.9 Å². The number of carboxylic acid groups (broad SMARTS) is 1. The van der Waals surface area contributed by atoms with Crippen molar-refractivity contribution in [3.63, 3.8) is 0 Å². The zero-order chi connectivity index (χ0) is 26.1. The van der Waals surface area contributed by atoms with Gasteiger partial charge in [0.05, 0.1) is 17.7 Å². The lowest BCUT2D eigenvalue weighted by molar-refractivity contribution is -0.138. The van der Waals surface area contributed by atoms with E-state index in [2.05, 4.69) is 0 Å². The molecule has 1 heterocycles. The Kier molecular flexibility index (Phi) is 9.52. The molecular formula is C27H30F3NO5. The molecule has 1 amide bonds. The van der Waals surface area contributed by atoms with Gasteiger partial charge in [0, 0.05) is 19.4 Å². The maximum absolute atomic E-state index is 12.7. The van der Waals surface area contributed by atoms with Crippen LogP contribution < -0.4 is 4.74 Å². The fourth-order valence-corrected chi connectivity index (χ4v) is 4.11. The number of nitrogens with zero attached hydrogens (tertiary/aromatic N) is 1.